The van der Waals surface area contributed by atoms with Crippen LogP contribution in [0.25, 0.3) is 11.0 Å². The molecule has 1 heterocycles. The van der Waals surface area contributed by atoms with Crippen LogP contribution in [-0.4, -0.2) is 34.9 Å². The number of rotatable bonds is 5. The highest BCUT2D eigenvalue weighted by atomic mass is 35.5. The summed E-state index contributed by atoms with van der Waals surface area (Å²) >= 11 is 11.7. The highest BCUT2D eigenvalue weighted by Crippen LogP contribution is 2.22. The van der Waals surface area contributed by atoms with Gasteiger partial charge in [0.15, 0.2) is 0 Å². The average Bonchev–Trinajstić information content (AvgIpc) is 2.67. The van der Waals surface area contributed by atoms with Crippen molar-refractivity contribution < 1.29 is 9.59 Å². The molecule has 2 N–H and O–H groups in total. The Bertz CT molecular complexity index is 1070. The van der Waals surface area contributed by atoms with E-state index in [-0.39, 0.29) is 24.9 Å². The van der Waals surface area contributed by atoms with Gasteiger partial charge in [0.25, 0.3) is 11.8 Å². The number of hydrogen-bond acceptors (Lipinski definition) is 4. The number of nitrogens with zero attached hydrogens (tertiary/aromatic N) is 2. The van der Waals surface area contributed by atoms with Crippen LogP contribution in [0, 0.1) is 13.8 Å². The SMILES string of the molecule is Cc1nc2ccc(C(=O)NCCNC(=O)c3ccc(Cl)c(Cl)c3)cc2nc1C. The Morgan fingerprint density at radius 2 is 1.32 bits per heavy atom. The predicted molar refractivity (Wildman–Crippen MR) is 110 cm³/mol. The minimum Gasteiger partial charge on any atom is -0.350 e. The topological polar surface area (TPSA) is 84.0 Å². The van der Waals surface area contributed by atoms with Crippen molar-refractivity contribution in [3.05, 3.63) is 69.0 Å². The number of hydrogen-bond donors (Lipinski definition) is 2. The van der Waals surface area contributed by atoms with Crippen molar-refractivity contribution in [3.8, 4) is 0 Å². The second kappa shape index (κ2) is 8.54. The molecule has 0 saturated carbocycles. The molecule has 0 atom stereocenters. The first kappa shape index (κ1) is 20.0. The van der Waals surface area contributed by atoms with E-state index in [0.717, 1.165) is 16.9 Å². The largest absolute Gasteiger partial charge is 0.350 e. The lowest BCUT2D eigenvalue weighted by molar-refractivity contribution is 0.0928. The molecule has 0 fully saturated rings. The number of fused-ring (bicyclic) bond motifs is 1. The van der Waals surface area contributed by atoms with Crippen molar-refractivity contribution in [2.24, 2.45) is 0 Å². The van der Waals surface area contributed by atoms with Crippen molar-refractivity contribution in [2.75, 3.05) is 13.1 Å². The maximum Gasteiger partial charge on any atom is 0.251 e. The van der Waals surface area contributed by atoms with Gasteiger partial charge in [-0.1, -0.05) is 23.2 Å². The summed E-state index contributed by atoms with van der Waals surface area (Å²) in [5, 5.41) is 6.18. The summed E-state index contributed by atoms with van der Waals surface area (Å²) in [7, 11) is 0. The number of nitrogens with one attached hydrogen (secondary N) is 2. The monoisotopic (exact) mass is 416 g/mol. The van der Waals surface area contributed by atoms with Gasteiger partial charge in [-0.3, -0.25) is 9.59 Å². The molecule has 1 aromatic heterocycles. The quantitative estimate of drug-likeness (QED) is 0.620. The van der Waals surface area contributed by atoms with Crippen molar-refractivity contribution in [3.63, 3.8) is 0 Å². The van der Waals surface area contributed by atoms with Gasteiger partial charge in [0.05, 0.1) is 32.5 Å². The van der Waals surface area contributed by atoms with Crippen LogP contribution in [0.1, 0.15) is 32.1 Å². The first-order valence-corrected chi connectivity index (χ1v) is 9.37. The van der Waals surface area contributed by atoms with E-state index >= 15 is 0 Å². The van der Waals surface area contributed by atoms with Crippen molar-refractivity contribution in [1.82, 2.24) is 20.6 Å². The molecule has 0 radical (unpaired) electrons. The zero-order valence-corrected chi connectivity index (χ0v) is 16.9. The van der Waals surface area contributed by atoms with Crippen LogP contribution >= 0.6 is 23.2 Å². The van der Waals surface area contributed by atoms with E-state index in [1.807, 2.05) is 13.8 Å². The van der Waals surface area contributed by atoms with Gasteiger partial charge in [-0.05, 0) is 50.2 Å². The zero-order valence-electron chi connectivity index (χ0n) is 15.3. The molecule has 0 aliphatic carbocycles. The summed E-state index contributed by atoms with van der Waals surface area (Å²) in [6.45, 7) is 4.33. The minimum atomic E-state index is -0.292. The lowest BCUT2D eigenvalue weighted by Gasteiger charge is -2.09. The number of carbonyl (C=O) groups is 2. The van der Waals surface area contributed by atoms with Crippen molar-refractivity contribution >= 4 is 46.0 Å². The Kier molecular flexibility index (Phi) is 6.11. The standard InChI is InChI=1S/C20H18Cl2N4O2/c1-11-12(2)26-18-10-14(4-6-17(18)25-11)20(28)24-8-7-23-19(27)13-3-5-15(21)16(22)9-13/h3-6,9-10H,7-8H2,1-2H3,(H,23,27)(H,24,28). The summed E-state index contributed by atoms with van der Waals surface area (Å²) in [6.07, 6.45) is 0. The van der Waals surface area contributed by atoms with E-state index in [1.54, 1.807) is 30.3 Å². The fourth-order valence-electron chi connectivity index (χ4n) is 2.57. The lowest BCUT2D eigenvalue weighted by atomic mass is 10.1. The van der Waals surface area contributed by atoms with Gasteiger partial charge in [0.1, 0.15) is 0 Å². The molecular formula is C20H18Cl2N4O2. The second-order valence-electron chi connectivity index (χ2n) is 6.24. The van der Waals surface area contributed by atoms with E-state index in [1.165, 1.54) is 6.07 Å². The Balaban J connectivity index is 1.55. The molecule has 2 amide bonds. The zero-order chi connectivity index (χ0) is 20.3. The van der Waals surface area contributed by atoms with Gasteiger partial charge in [-0.25, -0.2) is 9.97 Å². The Morgan fingerprint density at radius 1 is 0.786 bits per heavy atom. The van der Waals surface area contributed by atoms with E-state index < -0.39 is 0 Å². The van der Waals surface area contributed by atoms with E-state index in [4.69, 9.17) is 23.2 Å². The number of halogens is 2. The summed E-state index contributed by atoms with van der Waals surface area (Å²) in [4.78, 5) is 33.3. The van der Waals surface area contributed by atoms with Crippen LogP contribution in [0.4, 0.5) is 0 Å². The van der Waals surface area contributed by atoms with Crippen LogP contribution in [0.3, 0.4) is 0 Å². The molecule has 8 heteroatoms. The molecule has 3 rings (SSSR count). The van der Waals surface area contributed by atoms with Crippen LogP contribution in [0.5, 0.6) is 0 Å². The summed E-state index contributed by atoms with van der Waals surface area (Å²) in [5.74, 6) is -0.537. The lowest BCUT2D eigenvalue weighted by Crippen LogP contribution is -2.34. The summed E-state index contributed by atoms with van der Waals surface area (Å²) in [5.41, 5.74) is 4.00. The fourth-order valence-corrected chi connectivity index (χ4v) is 2.86. The molecule has 2 aromatic carbocycles. The fraction of sp³-hybridized carbons (Fsp3) is 0.200. The number of amides is 2. The molecule has 0 bridgehead atoms. The van der Waals surface area contributed by atoms with Gasteiger partial charge in [0, 0.05) is 24.2 Å². The van der Waals surface area contributed by atoms with Gasteiger partial charge in [-0.15, -0.1) is 0 Å². The van der Waals surface area contributed by atoms with Gasteiger partial charge < -0.3 is 10.6 Å². The maximum absolute atomic E-state index is 12.3. The highest BCUT2D eigenvalue weighted by molar-refractivity contribution is 6.42. The number of aryl methyl sites for hydroxylation is 2. The Labute approximate surface area is 172 Å². The molecule has 0 aliphatic heterocycles. The molecule has 0 spiro atoms. The van der Waals surface area contributed by atoms with Crippen LogP contribution in [-0.2, 0) is 0 Å². The van der Waals surface area contributed by atoms with E-state index in [9.17, 15) is 9.59 Å². The summed E-state index contributed by atoms with van der Waals surface area (Å²) < 4.78 is 0. The Hall–Kier alpha value is -2.70. The Morgan fingerprint density at radius 3 is 1.93 bits per heavy atom. The number of aromatic nitrogens is 2. The van der Waals surface area contributed by atoms with E-state index in [0.29, 0.717) is 26.7 Å². The van der Waals surface area contributed by atoms with Crippen LogP contribution < -0.4 is 10.6 Å². The molecule has 6 nitrogen and oxygen atoms in total. The molecule has 0 unspecified atom stereocenters. The molecule has 28 heavy (non-hydrogen) atoms. The predicted octanol–water partition coefficient (Wildman–Crippen LogP) is 3.71. The number of benzene rings is 2. The number of carbonyl (C=O) groups excluding carboxylic acids is 2. The van der Waals surface area contributed by atoms with Gasteiger partial charge >= 0.3 is 0 Å². The van der Waals surface area contributed by atoms with Crippen molar-refractivity contribution in [1.29, 1.82) is 0 Å². The van der Waals surface area contributed by atoms with Gasteiger partial charge in [-0.2, -0.15) is 0 Å². The third kappa shape index (κ3) is 4.58. The first-order valence-electron chi connectivity index (χ1n) is 8.61. The normalized spacial score (nSPS) is 10.7. The molecule has 0 aliphatic rings. The second-order valence-corrected chi connectivity index (χ2v) is 7.05. The first-order chi connectivity index (χ1) is 13.3. The van der Waals surface area contributed by atoms with Crippen molar-refractivity contribution in [2.45, 2.75) is 13.8 Å². The molecule has 0 saturated heterocycles. The summed E-state index contributed by atoms with van der Waals surface area (Å²) in [6, 6.07) is 9.83. The highest BCUT2D eigenvalue weighted by Gasteiger charge is 2.10. The van der Waals surface area contributed by atoms with Crippen LogP contribution in [0.15, 0.2) is 36.4 Å². The van der Waals surface area contributed by atoms with E-state index in [2.05, 4.69) is 20.6 Å². The molecular weight excluding hydrogens is 399 g/mol. The van der Waals surface area contributed by atoms with Crippen LogP contribution in [0.2, 0.25) is 10.0 Å². The minimum absolute atomic E-state index is 0.245. The third-order valence-corrected chi connectivity index (χ3v) is 4.95. The maximum atomic E-state index is 12.3. The molecule has 3 aromatic rings. The van der Waals surface area contributed by atoms with Gasteiger partial charge in [0.2, 0.25) is 0 Å². The molecule has 144 valence electrons. The third-order valence-electron chi connectivity index (χ3n) is 4.22. The average molecular weight is 417 g/mol. The smallest absolute Gasteiger partial charge is 0.251 e.